The molecule has 2 heterocycles. The first-order chi connectivity index (χ1) is 49.3. The van der Waals surface area contributed by atoms with Crippen LogP contribution in [0.4, 0.5) is 0 Å². The summed E-state index contributed by atoms with van der Waals surface area (Å²) in [5.41, 5.74) is 30.4. The molecule has 0 saturated carbocycles. The zero-order chi connectivity index (χ0) is 78.2. The van der Waals surface area contributed by atoms with E-state index >= 15 is 0 Å². The normalized spacial score (nSPS) is 13.3. The molecule has 12 rings (SSSR count). The molecular weight excluding hydrogens is 1300 g/mol. The predicted molar refractivity (Wildman–Crippen MR) is 458 cm³/mol. The zero-order valence-corrected chi connectivity index (χ0v) is 70.8. The topological polar surface area (TPSA) is 26.8 Å². The van der Waals surface area contributed by atoms with Crippen LogP contribution >= 0.6 is 0 Å². The van der Waals surface area contributed by atoms with E-state index in [4.69, 9.17) is 4.74 Å². The van der Waals surface area contributed by atoms with Gasteiger partial charge in [-0.3, -0.25) is 0 Å². The van der Waals surface area contributed by atoms with Crippen molar-refractivity contribution in [1.82, 2.24) is 9.13 Å². The molecule has 0 aliphatic carbocycles. The van der Waals surface area contributed by atoms with Crippen molar-refractivity contribution in [3.05, 3.63) is 262 Å². The lowest BCUT2D eigenvalue weighted by atomic mass is 9.76. The number of benzene rings is 10. The molecule has 0 atom stereocenters. The number of fused-ring (bicyclic) bond motifs is 2. The maximum Gasteiger partial charge on any atom is 0.255 e. The van der Waals surface area contributed by atoms with Crippen molar-refractivity contribution in [2.24, 2.45) is 0 Å². The quantitative estimate of drug-likeness (QED) is 0.125. The minimum Gasteiger partial charge on any atom is -0.457 e. The highest BCUT2D eigenvalue weighted by Gasteiger charge is 2.35. The van der Waals surface area contributed by atoms with Gasteiger partial charge in [0.1, 0.15) is 34.2 Å². The number of aromatic nitrogens is 4. The van der Waals surface area contributed by atoms with Crippen molar-refractivity contribution < 1.29 is 13.9 Å². The van der Waals surface area contributed by atoms with E-state index in [0.29, 0.717) is 0 Å². The Morgan fingerprint density at radius 2 is 0.439 bits per heavy atom. The first kappa shape index (κ1) is 77.6. The van der Waals surface area contributed by atoms with Gasteiger partial charge in [-0.15, -0.1) is 0 Å². The molecule has 0 unspecified atom stereocenters. The van der Waals surface area contributed by atoms with Crippen LogP contribution in [-0.4, -0.2) is 9.13 Å². The molecule has 0 N–H and O–H groups in total. The Hall–Kier alpha value is -9.06. The average molecular weight is 1420 g/mol. The number of rotatable bonds is 10. The fraction of sp³-hybridized carbons (Fsp3) is 0.392. The molecule has 0 aliphatic heterocycles. The maximum absolute atomic E-state index is 7.18. The molecule has 2 aromatic heterocycles. The monoisotopic (exact) mass is 1420 g/mol. The van der Waals surface area contributed by atoms with E-state index in [9.17, 15) is 0 Å². The van der Waals surface area contributed by atoms with E-state index in [-0.39, 0.29) is 54.1 Å². The molecule has 10 aromatic carbocycles. The van der Waals surface area contributed by atoms with Crippen molar-refractivity contribution >= 4 is 22.1 Å². The fourth-order valence-electron chi connectivity index (χ4n) is 14.7. The Labute approximate surface area is 644 Å². The van der Waals surface area contributed by atoms with Gasteiger partial charge in [-0.2, -0.15) is 18.3 Å². The van der Waals surface area contributed by atoms with Crippen molar-refractivity contribution in [2.45, 2.75) is 262 Å². The van der Waals surface area contributed by atoms with Crippen LogP contribution in [0.1, 0.15) is 263 Å². The van der Waals surface area contributed by atoms with Crippen LogP contribution < -0.4 is 13.9 Å². The third-order valence-electron chi connectivity index (χ3n) is 22.0. The van der Waals surface area contributed by atoms with Gasteiger partial charge in [0.15, 0.2) is 22.1 Å². The largest absolute Gasteiger partial charge is 0.457 e. The van der Waals surface area contributed by atoms with E-state index in [2.05, 4.69) is 433 Å². The summed E-state index contributed by atoms with van der Waals surface area (Å²) in [4.78, 5) is 0. The molecule has 0 radical (unpaired) electrons. The molecule has 0 aliphatic rings. The van der Waals surface area contributed by atoms with Crippen LogP contribution in [0.2, 0.25) is 0 Å². The third-order valence-corrected chi connectivity index (χ3v) is 22.0. The second-order valence-electron chi connectivity index (χ2n) is 41.3. The summed E-state index contributed by atoms with van der Waals surface area (Å²) in [5.74, 6) is 1.48. The Balaban J connectivity index is 1.05. The average Bonchev–Trinajstić information content (AvgIpc) is 0.868. The number of para-hydroxylation sites is 4. The van der Waals surface area contributed by atoms with Crippen molar-refractivity contribution in [1.29, 1.82) is 0 Å². The second kappa shape index (κ2) is 27.0. The second-order valence-corrected chi connectivity index (χ2v) is 41.3. The number of hydrogen-bond donors (Lipinski definition) is 0. The van der Waals surface area contributed by atoms with Crippen LogP contribution in [0.25, 0.3) is 89.3 Å². The van der Waals surface area contributed by atoms with E-state index in [1.54, 1.807) is 0 Å². The first-order valence-corrected chi connectivity index (χ1v) is 39.3. The van der Waals surface area contributed by atoms with Gasteiger partial charge < -0.3 is 4.74 Å². The van der Waals surface area contributed by atoms with E-state index in [1.165, 1.54) is 100 Å². The summed E-state index contributed by atoms with van der Waals surface area (Å²) < 4.78 is 16.9. The minimum absolute atomic E-state index is 0.0944. The van der Waals surface area contributed by atoms with Crippen LogP contribution in [0.15, 0.2) is 207 Å². The fourth-order valence-corrected chi connectivity index (χ4v) is 14.7. The van der Waals surface area contributed by atoms with Crippen LogP contribution in [0.3, 0.4) is 0 Å². The number of nitrogens with zero attached hydrogens (tertiary/aromatic N) is 4. The predicted octanol–water partition coefficient (Wildman–Crippen LogP) is 27.6. The SMILES string of the molecule is CC(C)(C)c1cc(-c2cc(C(C)(C)C)cc(-c3cc(C(C)(C)C)cc(C(C)(C)C)c3)c2-[n+]2cn(-c3cccc(Oc4cccc(-n5c[n+](-c6c(-c7cc(C(C)(C)C)cc(C(C)(C)C)c7)cc(C(C)(C)C)cc6-c6cc(C(C)(C)C)cc(C(C)(C)C)c6)c6ccccc65)c4)c3)c3ccccc32)cc(C(C)(C)C)c1. The van der Waals surface area contributed by atoms with Gasteiger partial charge >= 0.3 is 0 Å². The summed E-state index contributed by atoms with van der Waals surface area (Å²) in [5, 5.41) is 0. The lowest BCUT2D eigenvalue weighted by Crippen LogP contribution is -2.31. The highest BCUT2D eigenvalue weighted by atomic mass is 16.5. The van der Waals surface area contributed by atoms with E-state index in [0.717, 1.165) is 56.3 Å². The van der Waals surface area contributed by atoms with Crippen LogP contribution in [0.5, 0.6) is 11.5 Å². The molecule has 0 fully saturated rings. The first-order valence-electron chi connectivity index (χ1n) is 39.3. The van der Waals surface area contributed by atoms with Crippen molar-refractivity contribution in [3.8, 4) is 78.8 Å². The molecule has 0 amide bonds. The molecule has 5 heteroatoms. The van der Waals surface area contributed by atoms with Gasteiger partial charge in [0.25, 0.3) is 12.7 Å². The summed E-state index contributed by atoms with van der Waals surface area (Å²) in [6.07, 6.45) is 4.66. The van der Waals surface area contributed by atoms with E-state index < -0.39 is 0 Å². The number of imidazole rings is 2. The lowest BCUT2D eigenvalue weighted by molar-refractivity contribution is -0.566. The highest BCUT2D eigenvalue weighted by molar-refractivity contribution is 5.89. The van der Waals surface area contributed by atoms with Gasteiger partial charge in [-0.25, -0.2) is 0 Å². The Kier molecular flexibility index (Phi) is 19.5. The van der Waals surface area contributed by atoms with Gasteiger partial charge in [-0.1, -0.05) is 317 Å². The Morgan fingerprint density at radius 1 is 0.224 bits per heavy atom. The zero-order valence-electron chi connectivity index (χ0n) is 70.8. The lowest BCUT2D eigenvalue weighted by Gasteiger charge is -2.29. The molecule has 12 aromatic rings. The molecule has 5 nitrogen and oxygen atoms in total. The van der Waals surface area contributed by atoms with Crippen molar-refractivity contribution in [3.63, 3.8) is 0 Å². The number of hydrogen-bond acceptors (Lipinski definition) is 1. The standard InChI is InChI=1S/C102H124N4O/c1-93(2,3)69-45-65(46-70(53-69)94(4,5)6)83-57-77(101(25,26)27)58-84(66-47-71(95(7,8)9)54-72(48-66)96(10,11)12)91(83)105-63-103(87-41-31-33-43-89(87)105)79-37-35-39-81(61-79)107-82-40-36-38-80(62-82)104-64-106(90-44-34-32-42-88(90)104)92-85(67-49-73(97(13,14)15)55-74(50-67)98(16,17)18)59-78(102(28,29)30)60-86(92)68-51-75(99(19,20)21)56-76(52-68)100(22,23)24/h31-64H,1-30H3/q+2. The minimum atomic E-state index is -0.165. The molecule has 556 valence electrons. The molecule has 0 bridgehead atoms. The van der Waals surface area contributed by atoms with Crippen molar-refractivity contribution in [2.75, 3.05) is 0 Å². The summed E-state index contributed by atoms with van der Waals surface area (Å²) in [7, 11) is 0. The van der Waals surface area contributed by atoms with Crippen LogP contribution in [-0.2, 0) is 54.1 Å². The highest BCUT2D eigenvalue weighted by Crippen LogP contribution is 2.47. The summed E-state index contributed by atoms with van der Waals surface area (Å²) in [6.45, 7) is 70.5. The molecule has 107 heavy (non-hydrogen) atoms. The maximum atomic E-state index is 7.18. The smallest absolute Gasteiger partial charge is 0.255 e. The van der Waals surface area contributed by atoms with Crippen LogP contribution in [0, 0.1) is 0 Å². The van der Waals surface area contributed by atoms with Gasteiger partial charge in [0, 0.05) is 34.4 Å². The number of ether oxygens (including phenoxy) is 1. The summed E-state index contributed by atoms with van der Waals surface area (Å²) in [6, 6.07) is 74.7. The molecular formula is C102H124N4O+2. The van der Waals surface area contributed by atoms with Gasteiger partial charge in [0.05, 0.1) is 0 Å². The third kappa shape index (κ3) is 16.1. The Morgan fingerprint density at radius 3 is 0.664 bits per heavy atom. The van der Waals surface area contributed by atoms with E-state index in [1.807, 2.05) is 0 Å². The molecule has 0 spiro atoms. The summed E-state index contributed by atoms with van der Waals surface area (Å²) >= 11 is 0. The van der Waals surface area contributed by atoms with Gasteiger partial charge in [-0.05, 0) is 205 Å². The van der Waals surface area contributed by atoms with Gasteiger partial charge in [0.2, 0.25) is 0 Å². The molecule has 0 saturated heterocycles. The Bertz CT molecular complexity index is 4730.